The molecule has 2 aromatic carbocycles. The predicted molar refractivity (Wildman–Crippen MR) is 120 cm³/mol. The van der Waals surface area contributed by atoms with Gasteiger partial charge in [-0.15, -0.1) is 0 Å². The van der Waals surface area contributed by atoms with E-state index in [2.05, 4.69) is 17.8 Å². The molecule has 0 aliphatic heterocycles. The number of furan rings is 1. The van der Waals surface area contributed by atoms with Gasteiger partial charge >= 0.3 is 0 Å². The number of carbonyl (C=O) groups is 2. The molecule has 31 heavy (non-hydrogen) atoms. The first-order chi connectivity index (χ1) is 15.0. The minimum Gasteiger partial charge on any atom is -0.464 e. The van der Waals surface area contributed by atoms with E-state index in [0.29, 0.717) is 5.56 Å². The predicted octanol–water partition coefficient (Wildman–Crippen LogP) is 4.41. The molecule has 0 fully saturated rings. The van der Waals surface area contributed by atoms with E-state index >= 15 is 0 Å². The van der Waals surface area contributed by atoms with Crippen molar-refractivity contribution in [2.24, 2.45) is 0 Å². The maximum atomic E-state index is 12.7. The summed E-state index contributed by atoms with van der Waals surface area (Å²) >= 11 is 0. The van der Waals surface area contributed by atoms with E-state index in [-0.39, 0.29) is 18.2 Å². The number of para-hydroxylation sites is 1. The normalized spacial score (nSPS) is 10.9. The van der Waals surface area contributed by atoms with Crippen molar-refractivity contribution >= 4 is 22.8 Å². The smallest absolute Gasteiger partial charge is 0.271 e. The van der Waals surface area contributed by atoms with E-state index in [4.69, 9.17) is 4.42 Å². The minimum absolute atomic E-state index is 0.113. The summed E-state index contributed by atoms with van der Waals surface area (Å²) in [6, 6.07) is 17.6. The molecule has 0 bridgehead atoms. The quantitative estimate of drug-likeness (QED) is 0.474. The number of carbonyl (C=O) groups excluding carboxylic acids is 2. The molecule has 6 heteroatoms. The lowest BCUT2D eigenvalue weighted by Gasteiger charge is -2.10. The Morgan fingerprint density at radius 3 is 2.52 bits per heavy atom. The van der Waals surface area contributed by atoms with Crippen molar-refractivity contribution in [1.29, 1.82) is 0 Å². The van der Waals surface area contributed by atoms with Crippen LogP contribution >= 0.6 is 0 Å². The highest BCUT2D eigenvalue weighted by atomic mass is 16.3. The average Bonchev–Trinajstić information content (AvgIpc) is 3.32. The van der Waals surface area contributed by atoms with Gasteiger partial charge in [0.05, 0.1) is 18.2 Å². The monoisotopic (exact) mass is 415 g/mol. The van der Waals surface area contributed by atoms with Crippen LogP contribution in [0.3, 0.4) is 0 Å². The summed E-state index contributed by atoms with van der Waals surface area (Å²) < 4.78 is 7.60. The van der Waals surface area contributed by atoms with Crippen molar-refractivity contribution in [2.75, 3.05) is 0 Å². The zero-order valence-electron chi connectivity index (χ0n) is 17.9. The van der Waals surface area contributed by atoms with Gasteiger partial charge in [-0.2, -0.15) is 0 Å². The number of hydrazine groups is 1. The Labute approximate surface area is 180 Å². The molecule has 0 spiro atoms. The second kappa shape index (κ2) is 8.52. The fourth-order valence-corrected chi connectivity index (χ4v) is 3.86. The Morgan fingerprint density at radius 2 is 1.77 bits per heavy atom. The van der Waals surface area contributed by atoms with Gasteiger partial charge in [0.1, 0.15) is 5.58 Å². The lowest BCUT2D eigenvalue weighted by atomic mass is 10.1. The molecule has 158 valence electrons. The second-order valence-corrected chi connectivity index (χ2v) is 7.58. The molecule has 0 aliphatic carbocycles. The van der Waals surface area contributed by atoms with E-state index in [1.165, 1.54) is 5.56 Å². The topological polar surface area (TPSA) is 76.3 Å². The van der Waals surface area contributed by atoms with E-state index in [1.807, 2.05) is 73.0 Å². The summed E-state index contributed by atoms with van der Waals surface area (Å²) in [4.78, 5) is 25.1. The van der Waals surface area contributed by atoms with Crippen molar-refractivity contribution in [3.8, 4) is 5.69 Å². The van der Waals surface area contributed by atoms with Gasteiger partial charge in [0.2, 0.25) is 5.91 Å². The Kier molecular flexibility index (Phi) is 5.62. The number of benzene rings is 2. The Bertz CT molecular complexity index is 1250. The summed E-state index contributed by atoms with van der Waals surface area (Å²) in [5.74, 6) is -0.666. The largest absolute Gasteiger partial charge is 0.464 e. The Morgan fingerprint density at radius 1 is 1.00 bits per heavy atom. The van der Waals surface area contributed by atoms with Crippen molar-refractivity contribution in [1.82, 2.24) is 15.4 Å². The number of aromatic nitrogens is 1. The molecule has 6 nitrogen and oxygen atoms in total. The van der Waals surface area contributed by atoms with Gasteiger partial charge in [-0.25, -0.2) is 0 Å². The number of rotatable bonds is 5. The van der Waals surface area contributed by atoms with E-state index in [1.54, 1.807) is 6.26 Å². The highest BCUT2D eigenvalue weighted by molar-refractivity contribution is 5.97. The van der Waals surface area contributed by atoms with Crippen LogP contribution in [0.5, 0.6) is 0 Å². The van der Waals surface area contributed by atoms with Crippen LogP contribution in [-0.2, 0) is 17.6 Å². The van der Waals surface area contributed by atoms with Crippen molar-refractivity contribution in [3.63, 3.8) is 0 Å². The second-order valence-electron chi connectivity index (χ2n) is 7.58. The van der Waals surface area contributed by atoms with Gasteiger partial charge in [0, 0.05) is 28.0 Å². The van der Waals surface area contributed by atoms with Crippen LogP contribution in [0.15, 0.2) is 65.3 Å². The highest BCUT2D eigenvalue weighted by Crippen LogP contribution is 2.23. The lowest BCUT2D eigenvalue weighted by molar-refractivity contribution is -0.121. The third-order valence-corrected chi connectivity index (χ3v) is 5.48. The lowest BCUT2D eigenvalue weighted by Crippen LogP contribution is -2.42. The van der Waals surface area contributed by atoms with Crippen LogP contribution in [-0.4, -0.2) is 16.4 Å². The van der Waals surface area contributed by atoms with Crippen molar-refractivity contribution in [3.05, 3.63) is 88.9 Å². The molecule has 0 radical (unpaired) electrons. The molecule has 4 aromatic rings. The molecule has 2 amide bonds. The van der Waals surface area contributed by atoms with Gasteiger partial charge in [0.15, 0.2) is 0 Å². The van der Waals surface area contributed by atoms with Gasteiger partial charge in [-0.05, 0) is 50.1 Å². The zero-order valence-corrected chi connectivity index (χ0v) is 17.9. The Hall–Kier alpha value is -3.80. The van der Waals surface area contributed by atoms with Gasteiger partial charge in [-0.3, -0.25) is 20.4 Å². The number of aryl methyl sites for hydroxylation is 2. The molecular formula is C25H25N3O3. The maximum Gasteiger partial charge on any atom is 0.271 e. The molecule has 0 unspecified atom stereocenters. The minimum atomic E-state index is -0.353. The molecule has 0 aliphatic rings. The van der Waals surface area contributed by atoms with Gasteiger partial charge in [0.25, 0.3) is 5.91 Å². The van der Waals surface area contributed by atoms with Crippen LogP contribution in [0.25, 0.3) is 16.7 Å². The molecular weight excluding hydrogens is 390 g/mol. The van der Waals surface area contributed by atoms with Crippen LogP contribution in [0, 0.1) is 13.8 Å². The van der Waals surface area contributed by atoms with Crippen molar-refractivity contribution in [2.45, 2.75) is 33.6 Å². The first-order valence-corrected chi connectivity index (χ1v) is 10.3. The van der Waals surface area contributed by atoms with Gasteiger partial charge < -0.3 is 8.98 Å². The van der Waals surface area contributed by atoms with Crippen LogP contribution in [0.1, 0.15) is 39.8 Å². The standard InChI is InChI=1S/C25H25N3O3/c1-4-18-10-11-21-19(15-31-23(21)13-18)14-24(29)26-27-25(30)22-12-16(2)28(17(22)3)20-8-6-5-7-9-20/h5-13,15H,4,14H2,1-3H3,(H,26,29)(H,27,30). The maximum absolute atomic E-state index is 12.7. The third-order valence-electron chi connectivity index (χ3n) is 5.48. The molecule has 4 rings (SSSR count). The fraction of sp³-hybridized carbons (Fsp3) is 0.200. The summed E-state index contributed by atoms with van der Waals surface area (Å²) in [7, 11) is 0. The zero-order chi connectivity index (χ0) is 22.0. The molecule has 0 saturated carbocycles. The van der Waals surface area contributed by atoms with E-state index < -0.39 is 0 Å². The molecule has 0 saturated heterocycles. The summed E-state index contributed by atoms with van der Waals surface area (Å²) in [6.45, 7) is 5.92. The molecule has 2 heterocycles. The SMILES string of the molecule is CCc1ccc2c(CC(=O)NNC(=O)c3cc(C)n(-c4ccccc4)c3C)coc2c1. The summed E-state index contributed by atoms with van der Waals surface area (Å²) in [5.41, 5.74) is 11.0. The van der Waals surface area contributed by atoms with E-state index in [0.717, 1.165) is 40.0 Å². The van der Waals surface area contributed by atoms with Crippen LogP contribution < -0.4 is 10.9 Å². The van der Waals surface area contributed by atoms with Crippen LogP contribution in [0.2, 0.25) is 0 Å². The number of hydrogen-bond acceptors (Lipinski definition) is 3. The van der Waals surface area contributed by atoms with E-state index in [9.17, 15) is 9.59 Å². The van der Waals surface area contributed by atoms with Gasteiger partial charge in [-0.1, -0.05) is 37.3 Å². The number of fused-ring (bicyclic) bond motifs is 1. The number of nitrogens with one attached hydrogen (secondary N) is 2. The summed E-state index contributed by atoms with van der Waals surface area (Å²) in [6.07, 6.45) is 2.63. The average molecular weight is 415 g/mol. The number of nitrogens with zero attached hydrogens (tertiary/aromatic N) is 1. The molecule has 0 atom stereocenters. The summed E-state index contributed by atoms with van der Waals surface area (Å²) in [5, 5.41) is 0.907. The Balaban J connectivity index is 1.43. The third kappa shape index (κ3) is 4.10. The van der Waals surface area contributed by atoms with Crippen molar-refractivity contribution < 1.29 is 14.0 Å². The van der Waals surface area contributed by atoms with Crippen LogP contribution in [0.4, 0.5) is 0 Å². The molecule has 2 N–H and O–H groups in total. The fourth-order valence-electron chi connectivity index (χ4n) is 3.86. The highest BCUT2D eigenvalue weighted by Gasteiger charge is 2.18. The molecule has 2 aromatic heterocycles. The number of amides is 2. The first kappa shape index (κ1) is 20.5. The number of hydrogen-bond donors (Lipinski definition) is 2. The first-order valence-electron chi connectivity index (χ1n) is 10.3.